The Bertz CT molecular complexity index is 1310. The lowest BCUT2D eigenvalue weighted by Crippen LogP contribution is -3.00. The van der Waals surface area contributed by atoms with Crippen molar-refractivity contribution in [2.45, 2.75) is 6.54 Å². The van der Waals surface area contributed by atoms with Gasteiger partial charge < -0.3 is 12.4 Å². The molecule has 0 radical (unpaired) electrons. The topological polar surface area (TPSA) is 25.4 Å². The molecule has 0 bridgehead atoms. The Hall–Kier alpha value is -2.98. The summed E-state index contributed by atoms with van der Waals surface area (Å²) in [6, 6.07) is 20.1. The highest BCUT2D eigenvalue weighted by Crippen LogP contribution is 2.28. The van der Waals surface area contributed by atoms with Crippen LogP contribution in [0.4, 0.5) is 4.39 Å². The fourth-order valence-corrected chi connectivity index (χ4v) is 3.64. The number of rotatable bonds is 2. The smallest absolute Gasteiger partial charge is 0.256 e. The zero-order valence-electron chi connectivity index (χ0n) is 13.7. The van der Waals surface area contributed by atoms with E-state index < -0.39 is 0 Å². The van der Waals surface area contributed by atoms with Crippen LogP contribution in [0.15, 0.2) is 77.7 Å². The quantitative estimate of drug-likeness (QED) is 0.419. The minimum Gasteiger partial charge on any atom is -1.00 e. The van der Waals surface area contributed by atoms with E-state index in [9.17, 15) is 9.18 Å². The minimum absolute atomic E-state index is 0. The van der Waals surface area contributed by atoms with Crippen LogP contribution in [0.5, 0.6) is 0 Å². The molecular formula is C21H14ClFN2O. The number of hydrogen-bond donors (Lipinski definition) is 0. The van der Waals surface area contributed by atoms with E-state index in [1.54, 1.807) is 22.6 Å². The summed E-state index contributed by atoms with van der Waals surface area (Å²) in [5.41, 5.74) is 3.26. The Labute approximate surface area is 154 Å². The third-order valence-corrected chi connectivity index (χ3v) is 4.79. The molecule has 0 fully saturated rings. The van der Waals surface area contributed by atoms with E-state index in [1.165, 1.54) is 6.07 Å². The second-order valence-electron chi connectivity index (χ2n) is 6.21. The van der Waals surface area contributed by atoms with Gasteiger partial charge in [0.05, 0.1) is 11.1 Å². The number of fused-ring (bicyclic) bond motifs is 3. The van der Waals surface area contributed by atoms with Crippen molar-refractivity contribution in [3.8, 4) is 0 Å². The standard InChI is InChI=1S/C21H14FN2O.ClH/c22-17-7-3-1-5-14(17)13-23-12-11-16-15-6-2-4-8-18(15)24-20(25)10-9-19(23)21(16)24;/h1-12H,13H2;1H/q+1;/p-1. The minimum atomic E-state index is -0.223. The number of pyridine rings is 2. The van der Waals surface area contributed by atoms with E-state index in [0.717, 1.165) is 27.3 Å². The molecule has 0 aliphatic rings. The SMILES string of the molecule is O=c1ccc2c3c(cc[n+]2Cc2ccccc2F)c2ccccc2n13.[Cl-]. The zero-order chi connectivity index (χ0) is 17.0. The fourth-order valence-electron chi connectivity index (χ4n) is 3.64. The summed E-state index contributed by atoms with van der Waals surface area (Å²) in [6.07, 6.45) is 1.96. The van der Waals surface area contributed by atoms with Gasteiger partial charge >= 0.3 is 0 Å². The van der Waals surface area contributed by atoms with Crippen molar-refractivity contribution in [3.63, 3.8) is 0 Å². The second-order valence-corrected chi connectivity index (χ2v) is 6.21. The number of hydrogen-bond acceptors (Lipinski definition) is 1. The van der Waals surface area contributed by atoms with Crippen LogP contribution in [-0.2, 0) is 6.54 Å². The highest BCUT2D eigenvalue weighted by molar-refractivity contribution is 6.11. The van der Waals surface area contributed by atoms with E-state index >= 15 is 0 Å². The Morgan fingerprint density at radius 1 is 0.885 bits per heavy atom. The van der Waals surface area contributed by atoms with Gasteiger partial charge in [0.25, 0.3) is 5.56 Å². The first-order valence-corrected chi connectivity index (χ1v) is 8.15. The normalized spacial score (nSPS) is 11.3. The maximum absolute atomic E-state index is 14.1. The Balaban J connectivity index is 0.00000168. The van der Waals surface area contributed by atoms with Gasteiger partial charge in [0.15, 0.2) is 12.7 Å². The average molecular weight is 365 g/mol. The van der Waals surface area contributed by atoms with Crippen molar-refractivity contribution in [3.05, 3.63) is 94.7 Å². The van der Waals surface area contributed by atoms with Gasteiger partial charge in [-0.25, -0.2) is 4.39 Å². The Morgan fingerprint density at radius 3 is 2.50 bits per heavy atom. The maximum atomic E-state index is 14.1. The summed E-state index contributed by atoms with van der Waals surface area (Å²) in [7, 11) is 0. The molecule has 5 heteroatoms. The summed E-state index contributed by atoms with van der Waals surface area (Å²) in [6.45, 7) is 0.415. The average Bonchev–Trinajstić information content (AvgIpc) is 2.97. The fraction of sp³-hybridized carbons (Fsp3) is 0.0476. The number of benzene rings is 2. The molecule has 0 N–H and O–H groups in total. The third-order valence-electron chi connectivity index (χ3n) is 4.79. The van der Waals surface area contributed by atoms with Crippen LogP contribution in [-0.4, -0.2) is 4.40 Å². The van der Waals surface area contributed by atoms with Crippen molar-refractivity contribution in [2.75, 3.05) is 0 Å². The van der Waals surface area contributed by atoms with Gasteiger partial charge in [0, 0.05) is 29.0 Å². The molecule has 3 nitrogen and oxygen atoms in total. The largest absolute Gasteiger partial charge is 1.00 e. The molecule has 26 heavy (non-hydrogen) atoms. The summed E-state index contributed by atoms with van der Waals surface area (Å²) in [5.74, 6) is -0.223. The molecule has 3 aromatic heterocycles. The second kappa shape index (κ2) is 6.07. The van der Waals surface area contributed by atoms with Gasteiger partial charge in [0.1, 0.15) is 11.3 Å². The molecule has 0 saturated heterocycles. The molecular weight excluding hydrogens is 351 g/mol. The molecule has 0 aliphatic carbocycles. The summed E-state index contributed by atoms with van der Waals surface area (Å²) in [5, 5.41) is 2.09. The molecule has 0 spiro atoms. The molecule has 5 aromatic rings. The third kappa shape index (κ3) is 2.26. The molecule has 0 amide bonds. The number of para-hydroxylation sites is 1. The van der Waals surface area contributed by atoms with E-state index in [0.29, 0.717) is 12.1 Å². The van der Waals surface area contributed by atoms with E-state index in [1.807, 2.05) is 53.2 Å². The van der Waals surface area contributed by atoms with Crippen molar-refractivity contribution in [1.82, 2.24) is 4.40 Å². The summed E-state index contributed by atoms with van der Waals surface area (Å²) < 4.78 is 17.8. The molecule has 128 valence electrons. The Kier molecular flexibility index (Phi) is 3.85. The van der Waals surface area contributed by atoms with Gasteiger partial charge in [-0.3, -0.25) is 9.20 Å². The van der Waals surface area contributed by atoms with Crippen LogP contribution in [0, 0.1) is 5.82 Å². The number of nitrogens with zero attached hydrogens (tertiary/aromatic N) is 2. The number of aromatic nitrogens is 2. The van der Waals surface area contributed by atoms with E-state index in [-0.39, 0.29) is 23.8 Å². The first kappa shape index (κ1) is 16.5. The molecule has 2 aromatic carbocycles. The first-order valence-electron chi connectivity index (χ1n) is 8.15. The predicted molar refractivity (Wildman–Crippen MR) is 95.6 cm³/mol. The highest BCUT2D eigenvalue weighted by Gasteiger charge is 2.20. The van der Waals surface area contributed by atoms with Crippen LogP contribution in [0.3, 0.4) is 0 Å². The predicted octanol–water partition coefficient (Wildman–Crippen LogP) is 0.523. The van der Waals surface area contributed by atoms with Crippen LogP contribution in [0.1, 0.15) is 5.56 Å². The van der Waals surface area contributed by atoms with Gasteiger partial charge in [-0.1, -0.05) is 30.3 Å². The van der Waals surface area contributed by atoms with E-state index in [2.05, 4.69) is 0 Å². The van der Waals surface area contributed by atoms with Crippen LogP contribution in [0.25, 0.3) is 27.3 Å². The lowest BCUT2D eigenvalue weighted by atomic mass is 10.1. The molecule has 0 atom stereocenters. The lowest BCUT2D eigenvalue weighted by Gasteiger charge is -2.04. The molecule has 0 unspecified atom stereocenters. The summed E-state index contributed by atoms with van der Waals surface area (Å²) >= 11 is 0. The van der Waals surface area contributed by atoms with Gasteiger partial charge in [-0.05, 0) is 18.2 Å². The van der Waals surface area contributed by atoms with E-state index in [4.69, 9.17) is 0 Å². The van der Waals surface area contributed by atoms with Crippen LogP contribution in [0.2, 0.25) is 0 Å². The van der Waals surface area contributed by atoms with Crippen molar-refractivity contribution >= 4 is 27.3 Å². The number of halogens is 2. The van der Waals surface area contributed by atoms with Gasteiger partial charge in [-0.2, -0.15) is 4.57 Å². The van der Waals surface area contributed by atoms with Gasteiger partial charge in [0.2, 0.25) is 5.52 Å². The van der Waals surface area contributed by atoms with Gasteiger partial charge in [-0.15, -0.1) is 0 Å². The molecule has 0 aliphatic heterocycles. The highest BCUT2D eigenvalue weighted by atomic mass is 35.5. The monoisotopic (exact) mass is 364 g/mol. The van der Waals surface area contributed by atoms with Crippen LogP contribution < -0.4 is 22.5 Å². The summed E-state index contributed by atoms with van der Waals surface area (Å²) in [4.78, 5) is 12.5. The van der Waals surface area contributed by atoms with Crippen molar-refractivity contribution in [1.29, 1.82) is 0 Å². The zero-order valence-corrected chi connectivity index (χ0v) is 14.4. The van der Waals surface area contributed by atoms with Crippen molar-refractivity contribution < 1.29 is 21.4 Å². The first-order chi connectivity index (χ1) is 12.2. The lowest BCUT2D eigenvalue weighted by molar-refractivity contribution is -0.662. The van der Waals surface area contributed by atoms with Crippen LogP contribution >= 0.6 is 0 Å². The molecule has 5 rings (SSSR count). The Morgan fingerprint density at radius 2 is 1.65 bits per heavy atom. The molecule has 3 heterocycles. The molecule has 0 saturated carbocycles. The van der Waals surface area contributed by atoms with Crippen molar-refractivity contribution in [2.24, 2.45) is 0 Å². The maximum Gasteiger partial charge on any atom is 0.256 e.